The zero-order chi connectivity index (χ0) is 9.47. The summed E-state index contributed by atoms with van der Waals surface area (Å²) in [5.41, 5.74) is 2.86. The summed E-state index contributed by atoms with van der Waals surface area (Å²) in [5, 5.41) is 3.34. The Morgan fingerprint density at radius 1 is 1.54 bits per heavy atom. The van der Waals surface area contributed by atoms with E-state index in [4.69, 9.17) is 0 Å². The molecule has 0 amide bonds. The average molecular weight is 176 g/mol. The molecule has 1 aliphatic carbocycles. The monoisotopic (exact) mass is 176 g/mol. The van der Waals surface area contributed by atoms with Crippen molar-refractivity contribution in [1.82, 2.24) is 10.3 Å². The molecule has 1 heterocycles. The van der Waals surface area contributed by atoms with E-state index >= 15 is 0 Å². The first kappa shape index (κ1) is 8.70. The molecule has 1 atom stereocenters. The van der Waals surface area contributed by atoms with Crippen LogP contribution >= 0.6 is 0 Å². The van der Waals surface area contributed by atoms with Gasteiger partial charge in [0.15, 0.2) is 0 Å². The van der Waals surface area contributed by atoms with Crippen LogP contribution in [0.4, 0.5) is 0 Å². The lowest BCUT2D eigenvalue weighted by atomic mass is 9.90. The van der Waals surface area contributed by atoms with Gasteiger partial charge in [-0.15, -0.1) is 0 Å². The van der Waals surface area contributed by atoms with Gasteiger partial charge >= 0.3 is 0 Å². The van der Waals surface area contributed by atoms with Gasteiger partial charge < -0.3 is 5.32 Å². The van der Waals surface area contributed by atoms with Crippen molar-refractivity contribution >= 4 is 0 Å². The molecule has 1 aromatic rings. The third kappa shape index (κ3) is 1.25. The fraction of sp³-hybridized carbons (Fsp3) is 0.545. The Morgan fingerprint density at radius 2 is 2.31 bits per heavy atom. The third-order valence-corrected chi connectivity index (χ3v) is 2.92. The SMILES string of the molecule is CNC1CC(C)(C)c2ncccc21. The molecule has 0 aliphatic heterocycles. The molecule has 70 valence electrons. The van der Waals surface area contributed by atoms with Crippen molar-refractivity contribution in [3.63, 3.8) is 0 Å². The van der Waals surface area contributed by atoms with Crippen LogP contribution in [0.1, 0.15) is 37.6 Å². The molecule has 0 spiro atoms. The van der Waals surface area contributed by atoms with Crippen LogP contribution in [-0.2, 0) is 5.41 Å². The van der Waals surface area contributed by atoms with Crippen LogP contribution in [-0.4, -0.2) is 12.0 Å². The summed E-state index contributed by atoms with van der Waals surface area (Å²) in [4.78, 5) is 4.47. The Hall–Kier alpha value is -0.890. The number of aromatic nitrogens is 1. The molecule has 1 aliphatic rings. The number of nitrogens with zero attached hydrogens (tertiary/aromatic N) is 1. The zero-order valence-corrected chi connectivity index (χ0v) is 8.46. The second kappa shape index (κ2) is 2.81. The molecule has 0 saturated heterocycles. The number of pyridine rings is 1. The first-order chi connectivity index (χ1) is 6.15. The molecule has 0 fully saturated rings. The summed E-state index contributed by atoms with van der Waals surface area (Å²) in [6, 6.07) is 4.68. The van der Waals surface area contributed by atoms with E-state index in [0.717, 1.165) is 6.42 Å². The summed E-state index contributed by atoms with van der Waals surface area (Å²) >= 11 is 0. The zero-order valence-electron chi connectivity index (χ0n) is 8.46. The summed E-state index contributed by atoms with van der Waals surface area (Å²) in [7, 11) is 2.02. The molecule has 0 saturated carbocycles. The first-order valence-corrected chi connectivity index (χ1v) is 4.78. The van der Waals surface area contributed by atoms with Crippen molar-refractivity contribution in [3.05, 3.63) is 29.6 Å². The second-order valence-electron chi connectivity index (χ2n) is 4.37. The summed E-state index contributed by atoms with van der Waals surface area (Å²) < 4.78 is 0. The van der Waals surface area contributed by atoms with Gasteiger partial charge in [-0.25, -0.2) is 0 Å². The standard InChI is InChI=1S/C11H16N2/c1-11(2)7-9(12-3)8-5-4-6-13-10(8)11/h4-6,9,12H,7H2,1-3H3. The van der Waals surface area contributed by atoms with Crippen molar-refractivity contribution in [1.29, 1.82) is 0 Å². The van der Waals surface area contributed by atoms with Gasteiger partial charge in [-0.1, -0.05) is 19.9 Å². The number of nitrogens with one attached hydrogen (secondary N) is 1. The van der Waals surface area contributed by atoms with Crippen molar-refractivity contribution in [2.75, 3.05) is 7.05 Å². The predicted molar refractivity (Wildman–Crippen MR) is 53.7 cm³/mol. The molecule has 1 N–H and O–H groups in total. The van der Waals surface area contributed by atoms with Gasteiger partial charge in [-0.3, -0.25) is 4.98 Å². The number of hydrogen-bond acceptors (Lipinski definition) is 2. The maximum Gasteiger partial charge on any atom is 0.0508 e. The molecular formula is C11H16N2. The Morgan fingerprint density at radius 3 is 3.00 bits per heavy atom. The highest BCUT2D eigenvalue weighted by Crippen LogP contribution is 2.42. The highest BCUT2D eigenvalue weighted by Gasteiger charge is 2.36. The predicted octanol–water partition coefficient (Wildman–Crippen LogP) is 2.02. The normalized spacial score (nSPS) is 24.4. The van der Waals surface area contributed by atoms with E-state index in [0.29, 0.717) is 6.04 Å². The smallest absolute Gasteiger partial charge is 0.0508 e. The van der Waals surface area contributed by atoms with Crippen molar-refractivity contribution in [2.24, 2.45) is 0 Å². The molecule has 2 nitrogen and oxygen atoms in total. The van der Waals surface area contributed by atoms with E-state index in [1.807, 2.05) is 19.3 Å². The van der Waals surface area contributed by atoms with Gasteiger partial charge in [-0.05, 0) is 25.1 Å². The fourth-order valence-electron chi connectivity index (χ4n) is 2.24. The summed E-state index contributed by atoms with van der Waals surface area (Å²) in [6.07, 6.45) is 3.04. The van der Waals surface area contributed by atoms with Crippen molar-refractivity contribution in [3.8, 4) is 0 Å². The van der Waals surface area contributed by atoms with Gasteiger partial charge in [0.25, 0.3) is 0 Å². The minimum atomic E-state index is 0.226. The maximum absolute atomic E-state index is 4.47. The second-order valence-corrected chi connectivity index (χ2v) is 4.37. The molecule has 13 heavy (non-hydrogen) atoms. The topological polar surface area (TPSA) is 24.9 Å². The Kier molecular flexibility index (Phi) is 1.88. The molecular weight excluding hydrogens is 160 g/mol. The quantitative estimate of drug-likeness (QED) is 0.708. The van der Waals surface area contributed by atoms with E-state index in [1.54, 1.807) is 0 Å². The minimum Gasteiger partial charge on any atom is -0.313 e. The Bertz CT molecular complexity index is 318. The van der Waals surface area contributed by atoms with Crippen LogP contribution in [0.15, 0.2) is 18.3 Å². The molecule has 0 aromatic carbocycles. The lowest BCUT2D eigenvalue weighted by Gasteiger charge is -2.17. The van der Waals surface area contributed by atoms with Gasteiger partial charge in [0, 0.05) is 17.7 Å². The van der Waals surface area contributed by atoms with Gasteiger partial charge in [0.2, 0.25) is 0 Å². The van der Waals surface area contributed by atoms with Gasteiger partial charge in [-0.2, -0.15) is 0 Å². The molecule has 0 bridgehead atoms. The Labute approximate surface area is 79.4 Å². The highest BCUT2D eigenvalue weighted by molar-refractivity contribution is 5.35. The molecule has 2 rings (SSSR count). The third-order valence-electron chi connectivity index (χ3n) is 2.92. The number of hydrogen-bond donors (Lipinski definition) is 1. The first-order valence-electron chi connectivity index (χ1n) is 4.78. The van der Waals surface area contributed by atoms with E-state index < -0.39 is 0 Å². The average Bonchev–Trinajstić information content (AvgIpc) is 2.39. The maximum atomic E-state index is 4.47. The summed E-state index contributed by atoms with van der Waals surface area (Å²) in [6.45, 7) is 4.52. The molecule has 2 heteroatoms. The molecule has 0 radical (unpaired) electrons. The summed E-state index contributed by atoms with van der Waals surface area (Å²) in [5.74, 6) is 0. The van der Waals surface area contributed by atoms with Crippen molar-refractivity contribution < 1.29 is 0 Å². The molecule has 1 aromatic heterocycles. The van der Waals surface area contributed by atoms with Crippen LogP contribution < -0.4 is 5.32 Å². The van der Waals surface area contributed by atoms with E-state index in [2.05, 4.69) is 30.2 Å². The van der Waals surface area contributed by atoms with E-state index in [-0.39, 0.29) is 5.41 Å². The highest BCUT2D eigenvalue weighted by atomic mass is 14.9. The van der Waals surface area contributed by atoms with Crippen molar-refractivity contribution in [2.45, 2.75) is 31.7 Å². The molecule has 1 unspecified atom stereocenters. The van der Waals surface area contributed by atoms with Gasteiger partial charge in [0.1, 0.15) is 0 Å². The van der Waals surface area contributed by atoms with E-state index in [9.17, 15) is 0 Å². The van der Waals surface area contributed by atoms with Crippen LogP contribution in [0, 0.1) is 0 Å². The Balaban J connectivity index is 2.51. The van der Waals surface area contributed by atoms with E-state index in [1.165, 1.54) is 11.3 Å². The fourth-order valence-corrected chi connectivity index (χ4v) is 2.24. The van der Waals surface area contributed by atoms with Crippen LogP contribution in [0.3, 0.4) is 0 Å². The van der Waals surface area contributed by atoms with Gasteiger partial charge in [0.05, 0.1) is 5.69 Å². The van der Waals surface area contributed by atoms with Crippen LogP contribution in [0.5, 0.6) is 0 Å². The number of fused-ring (bicyclic) bond motifs is 1. The lowest BCUT2D eigenvalue weighted by molar-refractivity contribution is 0.441. The largest absolute Gasteiger partial charge is 0.313 e. The van der Waals surface area contributed by atoms with Crippen LogP contribution in [0.25, 0.3) is 0 Å². The number of rotatable bonds is 1. The minimum absolute atomic E-state index is 0.226. The lowest BCUT2D eigenvalue weighted by Crippen LogP contribution is -2.17. The van der Waals surface area contributed by atoms with Crippen LogP contribution in [0.2, 0.25) is 0 Å².